The minimum atomic E-state index is -2.87. The zero-order chi connectivity index (χ0) is 16.8. The number of benzene rings is 2. The van der Waals surface area contributed by atoms with E-state index in [1.807, 2.05) is 35.2 Å². The van der Waals surface area contributed by atoms with Crippen molar-refractivity contribution in [3.63, 3.8) is 0 Å². The summed E-state index contributed by atoms with van der Waals surface area (Å²) in [7, 11) is 0. The Hall–Kier alpha value is -1.95. The van der Waals surface area contributed by atoms with Crippen LogP contribution in [-0.2, 0) is 0 Å². The van der Waals surface area contributed by atoms with E-state index in [-0.39, 0.29) is 23.6 Å². The smallest absolute Gasteiger partial charge is 0.387 e. The molecule has 0 unspecified atom stereocenters. The minimum absolute atomic E-state index is 0.0114. The largest absolute Gasteiger partial charge is 0.435 e. The van der Waals surface area contributed by atoms with Crippen LogP contribution < -0.4 is 4.74 Å². The maximum absolute atomic E-state index is 12.7. The number of halogens is 3. The summed E-state index contributed by atoms with van der Waals surface area (Å²) in [5.41, 5.74) is 2.37. The van der Waals surface area contributed by atoms with E-state index in [0.717, 1.165) is 22.0 Å². The van der Waals surface area contributed by atoms with Crippen molar-refractivity contribution >= 4 is 21.8 Å². The Bertz CT molecular complexity index is 811. The zero-order valence-corrected chi connectivity index (χ0v) is 14.2. The second-order valence-corrected chi connectivity index (χ2v) is 6.90. The van der Waals surface area contributed by atoms with Crippen molar-refractivity contribution in [1.29, 1.82) is 0 Å². The van der Waals surface area contributed by atoms with Gasteiger partial charge in [0, 0.05) is 22.5 Å². The van der Waals surface area contributed by atoms with Gasteiger partial charge in [-0.15, -0.1) is 0 Å². The molecule has 2 aromatic carbocycles. The highest BCUT2D eigenvalue weighted by molar-refractivity contribution is 9.10. The number of para-hydroxylation sites is 1. The van der Waals surface area contributed by atoms with Crippen LogP contribution in [0.25, 0.3) is 0 Å². The third-order valence-corrected chi connectivity index (χ3v) is 5.25. The van der Waals surface area contributed by atoms with Gasteiger partial charge in [-0.3, -0.25) is 4.79 Å². The van der Waals surface area contributed by atoms with E-state index in [9.17, 15) is 13.6 Å². The van der Waals surface area contributed by atoms with E-state index in [0.29, 0.717) is 12.1 Å². The lowest BCUT2D eigenvalue weighted by atomic mass is 9.87. The summed E-state index contributed by atoms with van der Waals surface area (Å²) in [6.07, 6.45) is 0.728. The molecule has 6 heteroatoms. The van der Waals surface area contributed by atoms with Crippen LogP contribution in [0, 0.1) is 0 Å². The number of hydrogen-bond acceptors (Lipinski definition) is 2. The number of nitrogens with zero attached hydrogens (tertiary/aromatic N) is 1. The average Bonchev–Trinajstić information content (AvgIpc) is 3.08. The molecule has 2 aliphatic heterocycles. The standard InChI is InChI=1S/C18H14BrF2NO2/c19-10-5-6-13-14(9-10)16-12(7-8-22(16)17(13)23)11-3-1-2-4-15(11)24-18(20)21/h1-6,9,12,16,18H,7-8H2/t12-,16+/m0/s1. The molecule has 2 heterocycles. The van der Waals surface area contributed by atoms with Gasteiger partial charge in [-0.05, 0) is 41.8 Å². The highest BCUT2D eigenvalue weighted by Crippen LogP contribution is 2.51. The number of amides is 1. The predicted octanol–water partition coefficient (Wildman–Crippen LogP) is 4.73. The summed E-state index contributed by atoms with van der Waals surface area (Å²) in [5.74, 6) is 0.145. The number of ether oxygens (including phenoxy) is 1. The van der Waals surface area contributed by atoms with Crippen LogP contribution in [0.4, 0.5) is 8.78 Å². The lowest BCUT2D eigenvalue weighted by Crippen LogP contribution is -2.23. The Morgan fingerprint density at radius 1 is 1.17 bits per heavy atom. The van der Waals surface area contributed by atoms with E-state index in [1.165, 1.54) is 0 Å². The Morgan fingerprint density at radius 2 is 1.96 bits per heavy atom. The molecule has 124 valence electrons. The fourth-order valence-corrected chi connectivity index (χ4v) is 4.23. The third kappa shape index (κ3) is 2.40. The van der Waals surface area contributed by atoms with Crippen LogP contribution in [-0.4, -0.2) is 24.0 Å². The normalized spacial score (nSPS) is 22.0. The van der Waals surface area contributed by atoms with Crippen molar-refractivity contribution in [2.45, 2.75) is 25.0 Å². The summed E-state index contributed by atoms with van der Waals surface area (Å²) in [5, 5.41) is 0. The van der Waals surface area contributed by atoms with Crippen LogP contribution in [0.2, 0.25) is 0 Å². The van der Waals surface area contributed by atoms with Crippen LogP contribution in [0.3, 0.4) is 0 Å². The molecule has 1 amide bonds. The van der Waals surface area contributed by atoms with Gasteiger partial charge in [0.2, 0.25) is 0 Å². The minimum Gasteiger partial charge on any atom is -0.435 e. The van der Waals surface area contributed by atoms with Crippen LogP contribution >= 0.6 is 15.9 Å². The quantitative estimate of drug-likeness (QED) is 0.753. The first kappa shape index (κ1) is 15.6. The molecule has 2 atom stereocenters. The van der Waals surface area contributed by atoms with E-state index >= 15 is 0 Å². The van der Waals surface area contributed by atoms with Gasteiger partial charge >= 0.3 is 6.61 Å². The molecule has 0 saturated carbocycles. The van der Waals surface area contributed by atoms with E-state index in [1.54, 1.807) is 12.1 Å². The molecule has 3 nitrogen and oxygen atoms in total. The number of hydrogen-bond donors (Lipinski definition) is 0. The van der Waals surface area contributed by atoms with Gasteiger partial charge < -0.3 is 9.64 Å². The van der Waals surface area contributed by atoms with Crippen LogP contribution in [0.5, 0.6) is 5.75 Å². The average molecular weight is 394 g/mol. The molecule has 1 fully saturated rings. The summed E-state index contributed by atoms with van der Waals surface area (Å²) >= 11 is 3.45. The number of carbonyl (C=O) groups excluding carboxylic acids is 1. The highest BCUT2D eigenvalue weighted by atomic mass is 79.9. The SMILES string of the molecule is O=C1c2ccc(Br)cc2[C@H]2[C@H](c3ccccc3OC(F)F)CCN12. The van der Waals surface area contributed by atoms with Crippen molar-refractivity contribution in [2.75, 3.05) is 6.54 Å². The number of carbonyl (C=O) groups is 1. The van der Waals surface area contributed by atoms with Gasteiger partial charge in [-0.25, -0.2) is 0 Å². The highest BCUT2D eigenvalue weighted by Gasteiger charge is 2.46. The van der Waals surface area contributed by atoms with Crippen molar-refractivity contribution in [1.82, 2.24) is 4.90 Å². The molecular weight excluding hydrogens is 380 g/mol. The van der Waals surface area contributed by atoms with Gasteiger partial charge in [0.15, 0.2) is 0 Å². The van der Waals surface area contributed by atoms with Crippen molar-refractivity contribution in [3.8, 4) is 5.75 Å². The molecule has 0 N–H and O–H groups in total. The second-order valence-electron chi connectivity index (χ2n) is 5.99. The topological polar surface area (TPSA) is 29.5 Å². The summed E-state index contributed by atoms with van der Waals surface area (Å²) in [6.45, 7) is -2.25. The lowest BCUT2D eigenvalue weighted by Gasteiger charge is -2.23. The van der Waals surface area contributed by atoms with Gasteiger partial charge in [0.25, 0.3) is 5.91 Å². The second kappa shape index (κ2) is 5.84. The van der Waals surface area contributed by atoms with Crippen molar-refractivity contribution in [3.05, 3.63) is 63.6 Å². The lowest BCUT2D eigenvalue weighted by molar-refractivity contribution is -0.0507. The Kier molecular flexibility index (Phi) is 3.79. The van der Waals surface area contributed by atoms with Gasteiger partial charge in [0.1, 0.15) is 5.75 Å². The van der Waals surface area contributed by atoms with E-state index < -0.39 is 6.61 Å². The Morgan fingerprint density at radius 3 is 2.75 bits per heavy atom. The zero-order valence-electron chi connectivity index (χ0n) is 12.6. The first-order valence-electron chi connectivity index (χ1n) is 7.70. The molecule has 0 aromatic heterocycles. The molecule has 0 aliphatic carbocycles. The molecule has 2 aromatic rings. The first-order valence-corrected chi connectivity index (χ1v) is 8.49. The van der Waals surface area contributed by atoms with E-state index in [4.69, 9.17) is 4.74 Å². The Labute approximate surface area is 146 Å². The number of alkyl halides is 2. The predicted molar refractivity (Wildman–Crippen MR) is 88.4 cm³/mol. The van der Waals surface area contributed by atoms with Gasteiger partial charge in [-0.1, -0.05) is 34.1 Å². The number of fused-ring (bicyclic) bond motifs is 3. The first-order chi connectivity index (χ1) is 11.6. The fraction of sp³-hybridized carbons (Fsp3) is 0.278. The molecule has 24 heavy (non-hydrogen) atoms. The van der Waals surface area contributed by atoms with E-state index in [2.05, 4.69) is 15.9 Å². The molecule has 2 aliphatic rings. The maximum atomic E-state index is 12.7. The molecular formula is C18H14BrF2NO2. The van der Waals surface area contributed by atoms with Gasteiger partial charge in [0.05, 0.1) is 6.04 Å². The monoisotopic (exact) mass is 393 g/mol. The van der Waals surface area contributed by atoms with Crippen molar-refractivity contribution in [2.24, 2.45) is 0 Å². The molecule has 1 saturated heterocycles. The maximum Gasteiger partial charge on any atom is 0.387 e. The Balaban J connectivity index is 1.78. The van der Waals surface area contributed by atoms with Crippen LogP contribution in [0.1, 0.15) is 39.9 Å². The fourth-order valence-electron chi connectivity index (χ4n) is 3.85. The number of rotatable bonds is 3. The molecule has 4 rings (SSSR count). The summed E-state index contributed by atoms with van der Waals surface area (Å²) in [4.78, 5) is 14.4. The van der Waals surface area contributed by atoms with Crippen molar-refractivity contribution < 1.29 is 18.3 Å². The summed E-state index contributed by atoms with van der Waals surface area (Å²) in [6, 6.07) is 12.3. The molecule has 0 spiro atoms. The van der Waals surface area contributed by atoms with Gasteiger partial charge in [-0.2, -0.15) is 8.78 Å². The summed E-state index contributed by atoms with van der Waals surface area (Å²) < 4.78 is 31.0. The third-order valence-electron chi connectivity index (χ3n) is 4.76. The van der Waals surface area contributed by atoms with Crippen LogP contribution in [0.15, 0.2) is 46.9 Å². The molecule has 0 bridgehead atoms. The molecule has 0 radical (unpaired) electrons.